The van der Waals surface area contributed by atoms with Gasteiger partial charge in [-0.3, -0.25) is 9.36 Å². The van der Waals surface area contributed by atoms with E-state index in [1.165, 1.54) is 0 Å². The molecule has 0 aliphatic carbocycles. The van der Waals surface area contributed by atoms with E-state index in [0.717, 1.165) is 23.6 Å². The van der Waals surface area contributed by atoms with Crippen LogP contribution in [0.5, 0.6) is 0 Å². The molecule has 0 amide bonds. The Bertz CT molecular complexity index is 585. The van der Waals surface area contributed by atoms with Crippen LogP contribution >= 0.6 is 0 Å². The molecule has 0 aliphatic heterocycles. The van der Waals surface area contributed by atoms with Gasteiger partial charge in [-0.15, -0.1) is 0 Å². The summed E-state index contributed by atoms with van der Waals surface area (Å²) >= 11 is 0. The van der Waals surface area contributed by atoms with Gasteiger partial charge < -0.3 is 0 Å². The lowest BCUT2D eigenvalue weighted by Gasteiger charge is -2.13. The van der Waals surface area contributed by atoms with Crippen molar-refractivity contribution < 1.29 is 0 Å². The van der Waals surface area contributed by atoms with Crippen LogP contribution < -0.4 is 5.56 Å². The highest BCUT2D eigenvalue weighted by Crippen LogP contribution is 2.09. The molecule has 1 heterocycles. The first-order chi connectivity index (χ1) is 8.15. The first-order valence-electron chi connectivity index (χ1n) is 5.79. The number of rotatable bonds is 2. The maximum atomic E-state index is 12.3. The summed E-state index contributed by atoms with van der Waals surface area (Å²) in [5, 5.41) is 0. The molecule has 88 valence electrons. The first kappa shape index (κ1) is 11.6. The van der Waals surface area contributed by atoms with Crippen molar-refractivity contribution in [1.82, 2.24) is 9.55 Å². The second-order valence-electron chi connectivity index (χ2n) is 4.07. The van der Waals surface area contributed by atoms with Crippen molar-refractivity contribution in [2.75, 3.05) is 0 Å². The predicted octanol–water partition coefficient (Wildman–Crippen LogP) is 2.41. The van der Waals surface area contributed by atoms with Gasteiger partial charge in [0.25, 0.3) is 5.56 Å². The lowest BCUT2D eigenvalue weighted by molar-refractivity contribution is 0.789. The van der Waals surface area contributed by atoms with E-state index >= 15 is 0 Å². The third-order valence-corrected chi connectivity index (χ3v) is 2.95. The summed E-state index contributed by atoms with van der Waals surface area (Å²) in [6, 6.07) is 9.65. The summed E-state index contributed by atoms with van der Waals surface area (Å²) in [5.74, 6) is 0.810. The summed E-state index contributed by atoms with van der Waals surface area (Å²) in [6.07, 6.45) is 0.741. The van der Waals surface area contributed by atoms with E-state index in [9.17, 15) is 4.79 Å². The zero-order valence-electron chi connectivity index (χ0n) is 10.4. The van der Waals surface area contributed by atoms with Gasteiger partial charge in [-0.1, -0.05) is 25.1 Å². The highest BCUT2D eigenvalue weighted by Gasteiger charge is 2.10. The Balaban J connectivity index is 2.77. The molecule has 0 N–H and O–H groups in total. The first-order valence-corrected chi connectivity index (χ1v) is 5.79. The van der Waals surface area contributed by atoms with Gasteiger partial charge in [0.2, 0.25) is 0 Å². The van der Waals surface area contributed by atoms with Crippen LogP contribution in [0.2, 0.25) is 0 Å². The Labute approximate surface area is 101 Å². The Hall–Kier alpha value is -1.90. The molecule has 0 saturated heterocycles. The van der Waals surface area contributed by atoms with Crippen LogP contribution in [0.15, 0.2) is 35.1 Å². The standard InChI is InChI=1S/C14H16N2O/c1-4-13-15-11(3)10(2)14(17)16(13)12-8-6-5-7-9-12/h5-9H,4H2,1-3H3. The van der Waals surface area contributed by atoms with Gasteiger partial charge in [-0.2, -0.15) is 0 Å². The fourth-order valence-electron chi connectivity index (χ4n) is 1.85. The highest BCUT2D eigenvalue weighted by molar-refractivity contribution is 5.34. The van der Waals surface area contributed by atoms with Crippen LogP contribution in [-0.4, -0.2) is 9.55 Å². The average Bonchev–Trinajstić information content (AvgIpc) is 2.36. The molecule has 3 nitrogen and oxygen atoms in total. The van der Waals surface area contributed by atoms with Crippen molar-refractivity contribution in [3.63, 3.8) is 0 Å². The van der Waals surface area contributed by atoms with Crippen LogP contribution in [0.1, 0.15) is 24.0 Å². The van der Waals surface area contributed by atoms with Crippen molar-refractivity contribution in [3.8, 4) is 5.69 Å². The van der Waals surface area contributed by atoms with E-state index in [0.29, 0.717) is 5.56 Å². The van der Waals surface area contributed by atoms with Crippen molar-refractivity contribution in [2.45, 2.75) is 27.2 Å². The molecule has 3 heteroatoms. The number of aromatic nitrogens is 2. The van der Waals surface area contributed by atoms with Crippen LogP contribution in [0.3, 0.4) is 0 Å². The minimum atomic E-state index is 0.0283. The Morgan fingerprint density at radius 3 is 2.41 bits per heavy atom. The molecule has 0 atom stereocenters. The predicted molar refractivity (Wildman–Crippen MR) is 68.7 cm³/mol. The minimum absolute atomic E-state index is 0.0283. The Morgan fingerprint density at radius 2 is 1.82 bits per heavy atom. The normalized spacial score (nSPS) is 10.5. The number of benzene rings is 1. The molecule has 0 bridgehead atoms. The highest BCUT2D eigenvalue weighted by atomic mass is 16.1. The van der Waals surface area contributed by atoms with E-state index in [1.54, 1.807) is 4.57 Å². The van der Waals surface area contributed by atoms with E-state index in [4.69, 9.17) is 0 Å². The van der Waals surface area contributed by atoms with E-state index in [-0.39, 0.29) is 5.56 Å². The van der Waals surface area contributed by atoms with Gasteiger partial charge in [-0.05, 0) is 26.0 Å². The number of aryl methyl sites for hydroxylation is 2. The van der Waals surface area contributed by atoms with E-state index in [2.05, 4.69) is 4.98 Å². The van der Waals surface area contributed by atoms with E-state index in [1.807, 2.05) is 51.1 Å². The second-order valence-corrected chi connectivity index (χ2v) is 4.07. The van der Waals surface area contributed by atoms with Crippen molar-refractivity contribution in [1.29, 1.82) is 0 Å². The van der Waals surface area contributed by atoms with Gasteiger partial charge in [0.15, 0.2) is 0 Å². The summed E-state index contributed by atoms with van der Waals surface area (Å²) < 4.78 is 1.70. The maximum absolute atomic E-state index is 12.3. The molecule has 1 aromatic carbocycles. The summed E-state index contributed by atoms with van der Waals surface area (Å²) in [4.78, 5) is 16.8. The molecule has 0 aliphatic rings. The molecular formula is C14H16N2O. The molecule has 0 fully saturated rings. The number of para-hydroxylation sites is 1. The van der Waals surface area contributed by atoms with Crippen molar-refractivity contribution in [2.24, 2.45) is 0 Å². The van der Waals surface area contributed by atoms with Gasteiger partial charge in [-0.25, -0.2) is 4.98 Å². The fourth-order valence-corrected chi connectivity index (χ4v) is 1.85. The number of hydrogen-bond donors (Lipinski definition) is 0. The summed E-state index contributed by atoms with van der Waals surface area (Å²) in [5.41, 5.74) is 2.44. The maximum Gasteiger partial charge on any atom is 0.261 e. The number of nitrogens with zero attached hydrogens (tertiary/aromatic N) is 2. The molecule has 0 saturated carbocycles. The molecule has 2 aromatic rings. The fraction of sp³-hybridized carbons (Fsp3) is 0.286. The monoisotopic (exact) mass is 228 g/mol. The molecule has 1 aromatic heterocycles. The van der Waals surface area contributed by atoms with Crippen LogP contribution in [0.25, 0.3) is 5.69 Å². The summed E-state index contributed by atoms with van der Waals surface area (Å²) in [6.45, 7) is 5.71. The third-order valence-electron chi connectivity index (χ3n) is 2.95. The molecule has 2 rings (SSSR count). The Morgan fingerprint density at radius 1 is 1.18 bits per heavy atom. The van der Waals surface area contributed by atoms with Crippen LogP contribution in [0, 0.1) is 13.8 Å². The van der Waals surface area contributed by atoms with Crippen molar-refractivity contribution in [3.05, 3.63) is 57.8 Å². The van der Waals surface area contributed by atoms with Crippen molar-refractivity contribution >= 4 is 0 Å². The van der Waals surface area contributed by atoms with Gasteiger partial charge in [0.1, 0.15) is 5.82 Å². The van der Waals surface area contributed by atoms with Gasteiger partial charge in [0, 0.05) is 17.7 Å². The molecule has 0 spiro atoms. The smallest absolute Gasteiger partial charge is 0.261 e. The average molecular weight is 228 g/mol. The van der Waals surface area contributed by atoms with Gasteiger partial charge >= 0.3 is 0 Å². The zero-order valence-corrected chi connectivity index (χ0v) is 10.4. The van der Waals surface area contributed by atoms with Gasteiger partial charge in [0.05, 0.1) is 5.69 Å². The molecular weight excluding hydrogens is 212 g/mol. The molecule has 17 heavy (non-hydrogen) atoms. The van der Waals surface area contributed by atoms with Crippen LogP contribution in [0.4, 0.5) is 0 Å². The third kappa shape index (κ3) is 2.00. The quantitative estimate of drug-likeness (QED) is 0.791. The lowest BCUT2D eigenvalue weighted by atomic mass is 10.2. The molecule has 0 radical (unpaired) electrons. The molecule has 0 unspecified atom stereocenters. The lowest BCUT2D eigenvalue weighted by Crippen LogP contribution is -2.26. The largest absolute Gasteiger partial charge is 0.269 e. The Kier molecular flexibility index (Phi) is 3.09. The van der Waals surface area contributed by atoms with Crippen LogP contribution in [-0.2, 0) is 6.42 Å². The summed E-state index contributed by atoms with van der Waals surface area (Å²) in [7, 11) is 0. The second kappa shape index (κ2) is 4.53. The number of hydrogen-bond acceptors (Lipinski definition) is 2. The zero-order chi connectivity index (χ0) is 12.4. The van der Waals surface area contributed by atoms with E-state index < -0.39 is 0 Å². The SMILES string of the molecule is CCc1nc(C)c(C)c(=O)n1-c1ccccc1. The topological polar surface area (TPSA) is 34.9 Å². The minimum Gasteiger partial charge on any atom is -0.269 e.